The average molecular weight is 333 g/mol. The molecule has 0 radical (unpaired) electrons. The Morgan fingerprint density at radius 3 is 2.42 bits per heavy atom. The van der Waals surface area contributed by atoms with Crippen LogP contribution in [0.15, 0.2) is 35.4 Å². The Hall–Kier alpha value is -2.34. The van der Waals surface area contributed by atoms with Gasteiger partial charge in [-0.05, 0) is 56.7 Å². The molecule has 1 aliphatic carbocycles. The van der Waals surface area contributed by atoms with Gasteiger partial charge in [0.05, 0.1) is 0 Å². The fourth-order valence-electron chi connectivity index (χ4n) is 3.41. The lowest BCUT2D eigenvalue weighted by atomic mass is 9.80. The van der Waals surface area contributed by atoms with Crippen molar-refractivity contribution in [2.24, 2.45) is 0 Å². The number of nitrogens with one attached hydrogen (secondary N) is 1. The van der Waals surface area contributed by atoms with Gasteiger partial charge in [0.2, 0.25) is 0 Å². The van der Waals surface area contributed by atoms with Crippen LogP contribution in [0.4, 0.5) is 0 Å². The SMILES string of the molecule is C[C@H]1N[C@H](c2cccc(O)c2)CC2=C1CCCC2.O=C(O)C(=O)O. The molecule has 6 nitrogen and oxygen atoms in total. The Morgan fingerprint density at radius 1 is 1.12 bits per heavy atom. The van der Waals surface area contributed by atoms with Gasteiger partial charge < -0.3 is 20.6 Å². The summed E-state index contributed by atoms with van der Waals surface area (Å²) in [6.45, 7) is 2.27. The normalized spacial score (nSPS) is 22.9. The number of hydrogen-bond acceptors (Lipinski definition) is 4. The summed E-state index contributed by atoms with van der Waals surface area (Å²) < 4.78 is 0. The summed E-state index contributed by atoms with van der Waals surface area (Å²) in [6, 6.07) is 8.52. The van der Waals surface area contributed by atoms with Crippen molar-refractivity contribution in [3.8, 4) is 5.75 Å². The maximum Gasteiger partial charge on any atom is 0.414 e. The van der Waals surface area contributed by atoms with E-state index < -0.39 is 11.9 Å². The molecule has 0 saturated carbocycles. The van der Waals surface area contributed by atoms with E-state index in [1.165, 1.54) is 31.2 Å². The van der Waals surface area contributed by atoms with Gasteiger partial charge in [0.25, 0.3) is 0 Å². The highest BCUT2D eigenvalue weighted by atomic mass is 16.4. The minimum atomic E-state index is -1.82. The second-order valence-electron chi connectivity index (χ2n) is 6.19. The summed E-state index contributed by atoms with van der Waals surface area (Å²) in [5, 5.41) is 28.1. The monoisotopic (exact) mass is 333 g/mol. The molecule has 3 rings (SSSR count). The topological polar surface area (TPSA) is 107 Å². The highest BCUT2D eigenvalue weighted by Crippen LogP contribution is 2.38. The van der Waals surface area contributed by atoms with E-state index in [4.69, 9.17) is 19.8 Å². The summed E-state index contributed by atoms with van der Waals surface area (Å²) in [7, 11) is 0. The highest BCUT2D eigenvalue weighted by molar-refractivity contribution is 6.27. The van der Waals surface area contributed by atoms with Gasteiger partial charge >= 0.3 is 11.9 Å². The molecule has 0 saturated heterocycles. The molecule has 0 amide bonds. The third-order valence-corrected chi connectivity index (χ3v) is 4.51. The molecule has 1 aromatic carbocycles. The van der Waals surface area contributed by atoms with Crippen molar-refractivity contribution >= 4 is 11.9 Å². The van der Waals surface area contributed by atoms with Crippen LogP contribution in [-0.2, 0) is 9.59 Å². The maximum absolute atomic E-state index is 9.60. The third-order valence-electron chi connectivity index (χ3n) is 4.51. The zero-order chi connectivity index (χ0) is 17.7. The number of aromatic hydroxyl groups is 1. The van der Waals surface area contributed by atoms with Gasteiger partial charge in [-0.25, -0.2) is 9.59 Å². The van der Waals surface area contributed by atoms with Crippen LogP contribution >= 0.6 is 0 Å². The Labute approximate surface area is 140 Å². The fourth-order valence-corrected chi connectivity index (χ4v) is 3.41. The lowest BCUT2D eigenvalue weighted by molar-refractivity contribution is -0.159. The molecule has 6 heteroatoms. The standard InChI is InChI=1S/C16H21NO.C2H2O4/c1-11-15-8-3-2-5-12(15)10-16(17-11)13-6-4-7-14(18)9-13;3-1(4)2(5)6/h4,6-7,9,11,16-18H,2-3,5,8,10H2,1H3;(H,3,4)(H,5,6)/t11-,16+;/m1./s1. The second-order valence-corrected chi connectivity index (χ2v) is 6.19. The van der Waals surface area contributed by atoms with Crippen molar-refractivity contribution in [1.82, 2.24) is 5.32 Å². The van der Waals surface area contributed by atoms with E-state index in [9.17, 15) is 5.11 Å². The van der Waals surface area contributed by atoms with Crippen LogP contribution in [0.5, 0.6) is 5.75 Å². The highest BCUT2D eigenvalue weighted by Gasteiger charge is 2.27. The molecule has 4 N–H and O–H groups in total. The molecule has 0 unspecified atom stereocenters. The number of carbonyl (C=O) groups is 2. The molecule has 0 fully saturated rings. The van der Waals surface area contributed by atoms with Crippen LogP contribution in [0, 0.1) is 0 Å². The minimum Gasteiger partial charge on any atom is -0.508 e. The Balaban J connectivity index is 0.000000301. The lowest BCUT2D eigenvalue weighted by Gasteiger charge is -2.36. The first-order chi connectivity index (χ1) is 11.4. The smallest absolute Gasteiger partial charge is 0.414 e. The van der Waals surface area contributed by atoms with Crippen LogP contribution < -0.4 is 5.32 Å². The largest absolute Gasteiger partial charge is 0.508 e. The maximum atomic E-state index is 9.60. The van der Waals surface area contributed by atoms with Crippen molar-refractivity contribution in [1.29, 1.82) is 0 Å². The predicted octanol–water partition coefficient (Wildman–Crippen LogP) is 2.84. The molecular weight excluding hydrogens is 310 g/mol. The Kier molecular flexibility index (Phi) is 5.98. The zero-order valence-corrected chi connectivity index (χ0v) is 13.7. The van der Waals surface area contributed by atoms with E-state index in [1.54, 1.807) is 17.2 Å². The number of rotatable bonds is 1. The van der Waals surface area contributed by atoms with Crippen LogP contribution in [0.3, 0.4) is 0 Å². The first-order valence-corrected chi connectivity index (χ1v) is 8.10. The number of aliphatic carboxylic acids is 2. The minimum absolute atomic E-state index is 0.365. The molecule has 24 heavy (non-hydrogen) atoms. The Morgan fingerprint density at radius 2 is 1.79 bits per heavy atom. The van der Waals surface area contributed by atoms with Crippen LogP contribution in [0.1, 0.15) is 50.6 Å². The summed E-state index contributed by atoms with van der Waals surface area (Å²) >= 11 is 0. The summed E-state index contributed by atoms with van der Waals surface area (Å²) in [4.78, 5) is 18.2. The molecule has 0 aromatic heterocycles. The first kappa shape index (κ1) is 18.0. The molecular formula is C18H23NO5. The molecule has 1 aromatic rings. The van der Waals surface area contributed by atoms with Crippen molar-refractivity contribution in [3.63, 3.8) is 0 Å². The van der Waals surface area contributed by atoms with Crippen molar-refractivity contribution in [2.45, 2.75) is 51.1 Å². The molecule has 0 bridgehead atoms. The van der Waals surface area contributed by atoms with Gasteiger partial charge in [-0.2, -0.15) is 0 Å². The van der Waals surface area contributed by atoms with Gasteiger partial charge in [-0.3, -0.25) is 0 Å². The summed E-state index contributed by atoms with van der Waals surface area (Å²) in [6.07, 6.45) is 6.36. The molecule has 130 valence electrons. The van der Waals surface area contributed by atoms with Crippen LogP contribution in [0.25, 0.3) is 0 Å². The molecule has 0 spiro atoms. The average Bonchev–Trinajstić information content (AvgIpc) is 2.55. The molecule has 2 aliphatic rings. The fraction of sp³-hybridized carbons (Fsp3) is 0.444. The van der Waals surface area contributed by atoms with Crippen LogP contribution in [-0.4, -0.2) is 33.3 Å². The van der Waals surface area contributed by atoms with Crippen molar-refractivity contribution in [2.75, 3.05) is 0 Å². The summed E-state index contributed by atoms with van der Waals surface area (Å²) in [5.74, 6) is -3.28. The van der Waals surface area contributed by atoms with Gasteiger partial charge in [-0.1, -0.05) is 23.3 Å². The van der Waals surface area contributed by atoms with E-state index in [0.717, 1.165) is 6.42 Å². The van der Waals surface area contributed by atoms with Gasteiger partial charge in [0.1, 0.15) is 5.75 Å². The van der Waals surface area contributed by atoms with Gasteiger partial charge in [0, 0.05) is 12.1 Å². The summed E-state index contributed by atoms with van der Waals surface area (Å²) in [5.41, 5.74) is 4.53. The van der Waals surface area contributed by atoms with Crippen molar-refractivity contribution in [3.05, 3.63) is 41.0 Å². The van der Waals surface area contributed by atoms with E-state index in [0.29, 0.717) is 17.8 Å². The first-order valence-electron chi connectivity index (χ1n) is 8.10. The van der Waals surface area contributed by atoms with E-state index in [2.05, 4.69) is 18.3 Å². The number of phenolic OH excluding ortho intramolecular Hbond substituents is 1. The number of carboxylic acids is 2. The van der Waals surface area contributed by atoms with Gasteiger partial charge in [-0.15, -0.1) is 0 Å². The zero-order valence-electron chi connectivity index (χ0n) is 13.7. The number of benzene rings is 1. The van der Waals surface area contributed by atoms with E-state index in [-0.39, 0.29) is 0 Å². The number of hydrogen-bond donors (Lipinski definition) is 4. The molecule has 1 aliphatic heterocycles. The van der Waals surface area contributed by atoms with Gasteiger partial charge in [0.15, 0.2) is 0 Å². The van der Waals surface area contributed by atoms with Crippen molar-refractivity contribution < 1.29 is 24.9 Å². The quantitative estimate of drug-likeness (QED) is 0.465. The molecule has 1 heterocycles. The lowest BCUT2D eigenvalue weighted by Crippen LogP contribution is -2.37. The Bertz CT molecular complexity index is 641. The van der Waals surface area contributed by atoms with E-state index in [1.807, 2.05) is 12.1 Å². The third kappa shape index (κ3) is 4.58. The number of carboxylic acid groups (broad SMARTS) is 2. The second kappa shape index (κ2) is 7.97. The number of phenols is 1. The molecule has 2 atom stereocenters. The predicted molar refractivity (Wildman–Crippen MR) is 88.8 cm³/mol. The van der Waals surface area contributed by atoms with E-state index >= 15 is 0 Å². The van der Waals surface area contributed by atoms with Crippen LogP contribution in [0.2, 0.25) is 0 Å².